The second-order valence-corrected chi connectivity index (χ2v) is 4.57. The summed E-state index contributed by atoms with van der Waals surface area (Å²) in [6.07, 6.45) is 1.11. The minimum atomic E-state index is 0.595. The number of benzene rings is 1. The van der Waals surface area contributed by atoms with Crippen molar-refractivity contribution in [2.75, 3.05) is 26.4 Å². The van der Waals surface area contributed by atoms with Gasteiger partial charge in [-0.3, -0.25) is 0 Å². The quantitative estimate of drug-likeness (QED) is 0.832. The van der Waals surface area contributed by atoms with Crippen LogP contribution in [0.2, 0.25) is 0 Å². The van der Waals surface area contributed by atoms with Gasteiger partial charge in [-0.2, -0.15) is 0 Å². The molecule has 0 amide bonds. The number of nitrogens with one attached hydrogen (secondary N) is 1. The van der Waals surface area contributed by atoms with Gasteiger partial charge in [-0.15, -0.1) is 0 Å². The Kier molecular flexibility index (Phi) is 2.80. The van der Waals surface area contributed by atoms with Gasteiger partial charge in [-0.1, -0.05) is 6.07 Å². The first kappa shape index (κ1) is 10.1. The molecule has 1 saturated heterocycles. The summed E-state index contributed by atoms with van der Waals surface area (Å²) in [7, 11) is 0. The average Bonchev–Trinajstić information content (AvgIpc) is 2.27. The van der Waals surface area contributed by atoms with E-state index in [4.69, 9.17) is 9.47 Å². The summed E-state index contributed by atoms with van der Waals surface area (Å²) >= 11 is 0. The van der Waals surface area contributed by atoms with Gasteiger partial charge in [0.05, 0.1) is 19.8 Å². The predicted molar refractivity (Wildman–Crippen MR) is 61.7 cm³/mol. The molecule has 1 aromatic carbocycles. The maximum absolute atomic E-state index is 5.78. The van der Waals surface area contributed by atoms with Crippen LogP contribution in [0.25, 0.3) is 0 Å². The minimum absolute atomic E-state index is 0.595. The fourth-order valence-corrected chi connectivity index (χ4v) is 2.14. The molecule has 0 spiro atoms. The van der Waals surface area contributed by atoms with E-state index in [-0.39, 0.29) is 0 Å². The lowest BCUT2D eigenvalue weighted by Crippen LogP contribution is -2.32. The van der Waals surface area contributed by atoms with Crippen molar-refractivity contribution >= 4 is 0 Å². The van der Waals surface area contributed by atoms with Gasteiger partial charge in [-0.25, -0.2) is 0 Å². The molecular formula is C13H17NO2. The molecule has 0 saturated carbocycles. The van der Waals surface area contributed by atoms with Crippen LogP contribution >= 0.6 is 0 Å². The van der Waals surface area contributed by atoms with Gasteiger partial charge < -0.3 is 14.8 Å². The first-order valence-electron chi connectivity index (χ1n) is 5.95. The summed E-state index contributed by atoms with van der Waals surface area (Å²) in [5.41, 5.74) is 2.84. The first-order chi connectivity index (χ1) is 7.92. The van der Waals surface area contributed by atoms with Gasteiger partial charge in [0, 0.05) is 12.5 Å². The molecule has 86 valence electrons. The molecule has 16 heavy (non-hydrogen) atoms. The van der Waals surface area contributed by atoms with E-state index in [0.29, 0.717) is 5.92 Å². The Morgan fingerprint density at radius 3 is 3.06 bits per heavy atom. The molecule has 1 N–H and O–H groups in total. The summed E-state index contributed by atoms with van der Waals surface area (Å²) in [4.78, 5) is 0. The van der Waals surface area contributed by atoms with E-state index in [0.717, 1.165) is 45.1 Å². The zero-order valence-corrected chi connectivity index (χ0v) is 9.37. The summed E-state index contributed by atoms with van der Waals surface area (Å²) in [5, 5.41) is 3.37. The number of fused-ring (bicyclic) bond motifs is 1. The van der Waals surface area contributed by atoms with Crippen LogP contribution in [0.4, 0.5) is 0 Å². The van der Waals surface area contributed by atoms with E-state index in [1.165, 1.54) is 11.1 Å². The van der Waals surface area contributed by atoms with Crippen molar-refractivity contribution in [3.05, 3.63) is 29.3 Å². The lowest BCUT2D eigenvalue weighted by Gasteiger charge is -2.26. The highest BCUT2D eigenvalue weighted by Crippen LogP contribution is 2.21. The van der Waals surface area contributed by atoms with E-state index in [9.17, 15) is 0 Å². The van der Waals surface area contributed by atoms with Crippen LogP contribution < -0.4 is 10.1 Å². The average molecular weight is 219 g/mol. The fraction of sp³-hybridized carbons (Fsp3) is 0.538. The Bertz CT molecular complexity index is 374. The van der Waals surface area contributed by atoms with Gasteiger partial charge in [0.1, 0.15) is 5.75 Å². The Labute approximate surface area is 95.8 Å². The van der Waals surface area contributed by atoms with Gasteiger partial charge in [0.2, 0.25) is 0 Å². The van der Waals surface area contributed by atoms with E-state index < -0.39 is 0 Å². The van der Waals surface area contributed by atoms with E-state index >= 15 is 0 Å². The molecule has 2 aliphatic rings. The van der Waals surface area contributed by atoms with Crippen LogP contribution in [0, 0.1) is 5.92 Å². The summed E-state index contributed by atoms with van der Waals surface area (Å²) in [5.74, 6) is 1.60. The van der Waals surface area contributed by atoms with Gasteiger partial charge in [0.15, 0.2) is 0 Å². The normalized spacial score (nSPS) is 20.0. The highest BCUT2D eigenvalue weighted by Gasteiger charge is 2.19. The van der Waals surface area contributed by atoms with Crippen molar-refractivity contribution in [2.24, 2.45) is 5.92 Å². The summed E-state index contributed by atoms with van der Waals surface area (Å²) in [6, 6.07) is 6.44. The molecule has 3 rings (SSSR count). The first-order valence-corrected chi connectivity index (χ1v) is 5.95. The number of rotatable bonds is 3. The Morgan fingerprint density at radius 2 is 2.25 bits per heavy atom. The standard InChI is InChI=1S/C13H17NO2/c1-2-13(16-9-10-7-15-8-10)5-11-3-4-14-6-12(1)11/h1-2,5,10,14H,3-4,6-9H2. The van der Waals surface area contributed by atoms with Gasteiger partial charge >= 0.3 is 0 Å². The lowest BCUT2D eigenvalue weighted by atomic mass is 10.0. The highest BCUT2D eigenvalue weighted by atomic mass is 16.5. The Hall–Kier alpha value is -1.06. The molecule has 0 aromatic heterocycles. The number of hydrogen-bond acceptors (Lipinski definition) is 3. The number of ether oxygens (including phenoxy) is 2. The van der Waals surface area contributed by atoms with Gasteiger partial charge in [-0.05, 0) is 36.2 Å². The van der Waals surface area contributed by atoms with Gasteiger partial charge in [0.25, 0.3) is 0 Å². The minimum Gasteiger partial charge on any atom is -0.493 e. The second-order valence-electron chi connectivity index (χ2n) is 4.57. The van der Waals surface area contributed by atoms with Crippen molar-refractivity contribution in [1.82, 2.24) is 5.32 Å². The van der Waals surface area contributed by atoms with Crippen LogP contribution in [0.1, 0.15) is 11.1 Å². The molecule has 0 unspecified atom stereocenters. The van der Waals surface area contributed by atoms with Crippen molar-refractivity contribution < 1.29 is 9.47 Å². The van der Waals surface area contributed by atoms with Crippen molar-refractivity contribution in [3.63, 3.8) is 0 Å². The van der Waals surface area contributed by atoms with Crippen molar-refractivity contribution in [2.45, 2.75) is 13.0 Å². The summed E-state index contributed by atoms with van der Waals surface area (Å²) in [6.45, 7) is 4.57. The zero-order valence-electron chi connectivity index (χ0n) is 9.37. The molecular weight excluding hydrogens is 202 g/mol. The van der Waals surface area contributed by atoms with Crippen LogP contribution in [0.5, 0.6) is 5.75 Å². The molecule has 0 atom stereocenters. The van der Waals surface area contributed by atoms with E-state index in [1.54, 1.807) is 0 Å². The predicted octanol–water partition coefficient (Wildman–Crippen LogP) is 1.36. The molecule has 3 heteroatoms. The fourth-order valence-electron chi connectivity index (χ4n) is 2.14. The van der Waals surface area contributed by atoms with Crippen molar-refractivity contribution in [1.29, 1.82) is 0 Å². The monoisotopic (exact) mass is 219 g/mol. The molecule has 2 aliphatic heterocycles. The van der Waals surface area contributed by atoms with Crippen LogP contribution in [-0.2, 0) is 17.7 Å². The second kappa shape index (κ2) is 4.44. The zero-order chi connectivity index (χ0) is 10.8. The Morgan fingerprint density at radius 1 is 1.31 bits per heavy atom. The molecule has 1 fully saturated rings. The van der Waals surface area contributed by atoms with Crippen LogP contribution in [0.15, 0.2) is 18.2 Å². The van der Waals surface area contributed by atoms with Crippen LogP contribution in [0.3, 0.4) is 0 Å². The smallest absolute Gasteiger partial charge is 0.119 e. The molecule has 2 heterocycles. The lowest BCUT2D eigenvalue weighted by molar-refractivity contribution is -0.0508. The molecule has 0 bridgehead atoms. The number of hydrogen-bond donors (Lipinski definition) is 1. The third-order valence-corrected chi connectivity index (χ3v) is 3.26. The summed E-state index contributed by atoms with van der Waals surface area (Å²) < 4.78 is 10.9. The topological polar surface area (TPSA) is 30.5 Å². The van der Waals surface area contributed by atoms with Crippen molar-refractivity contribution in [3.8, 4) is 5.75 Å². The molecule has 3 nitrogen and oxygen atoms in total. The van der Waals surface area contributed by atoms with E-state index in [2.05, 4.69) is 23.5 Å². The maximum Gasteiger partial charge on any atom is 0.119 e. The molecule has 0 radical (unpaired) electrons. The highest BCUT2D eigenvalue weighted by molar-refractivity contribution is 5.37. The maximum atomic E-state index is 5.78. The third kappa shape index (κ3) is 2.06. The Balaban J connectivity index is 1.65. The largest absolute Gasteiger partial charge is 0.493 e. The molecule has 0 aliphatic carbocycles. The van der Waals surface area contributed by atoms with Crippen LogP contribution in [-0.4, -0.2) is 26.4 Å². The molecule has 1 aromatic rings. The van der Waals surface area contributed by atoms with E-state index in [1.807, 2.05) is 0 Å². The SMILES string of the molecule is c1cc2c(cc1OCC1COC1)CCNC2. The third-order valence-electron chi connectivity index (χ3n) is 3.26.